The van der Waals surface area contributed by atoms with Gasteiger partial charge < -0.3 is 10.3 Å². The van der Waals surface area contributed by atoms with Crippen LogP contribution in [0.5, 0.6) is 0 Å². The molecule has 1 heterocycles. The number of aromatic nitrogens is 2. The Morgan fingerprint density at radius 3 is 2.50 bits per heavy atom. The first-order valence-electron chi connectivity index (χ1n) is 5.90. The number of halogens is 1. The molecule has 0 unspecified atom stereocenters. The molecule has 0 aliphatic rings. The van der Waals surface area contributed by atoms with Crippen molar-refractivity contribution < 1.29 is 4.39 Å². The molecule has 3 nitrogen and oxygen atoms in total. The minimum atomic E-state index is -0.277. The lowest BCUT2D eigenvalue weighted by Crippen LogP contribution is -2.22. The van der Waals surface area contributed by atoms with Crippen LogP contribution in [0.1, 0.15) is 26.3 Å². The molecule has 2 rings (SSSR count). The summed E-state index contributed by atoms with van der Waals surface area (Å²) in [6, 6.07) is 4.65. The van der Waals surface area contributed by atoms with Gasteiger partial charge in [-0.3, -0.25) is 0 Å². The second-order valence-electron chi connectivity index (χ2n) is 5.48. The number of hydrogen-bond donors (Lipinski definition) is 1. The van der Waals surface area contributed by atoms with E-state index in [1.54, 1.807) is 12.4 Å². The highest BCUT2D eigenvalue weighted by molar-refractivity contribution is 5.73. The number of hydrogen-bond acceptors (Lipinski definition) is 2. The minimum absolute atomic E-state index is 0.142. The van der Waals surface area contributed by atoms with Crippen molar-refractivity contribution in [3.05, 3.63) is 35.9 Å². The van der Waals surface area contributed by atoms with Crippen LogP contribution >= 0.6 is 0 Å². The van der Waals surface area contributed by atoms with Crippen LogP contribution in [-0.2, 0) is 5.54 Å². The van der Waals surface area contributed by atoms with Crippen LogP contribution in [0.2, 0.25) is 0 Å². The van der Waals surface area contributed by atoms with Crippen molar-refractivity contribution in [2.75, 3.05) is 5.73 Å². The first kappa shape index (κ1) is 12.6. The lowest BCUT2D eigenvalue weighted by molar-refractivity contribution is 0.402. The number of aryl methyl sites for hydroxylation is 1. The predicted octanol–water partition coefficient (Wildman–Crippen LogP) is 3.33. The zero-order chi connectivity index (χ0) is 13.5. The summed E-state index contributed by atoms with van der Waals surface area (Å²) in [5, 5.41) is 0. The smallest absolute Gasteiger partial charge is 0.132 e. The SMILES string of the molecule is Cc1ccc(F)cc1-c1ncn(C(C)(C)C)c1N. The van der Waals surface area contributed by atoms with E-state index in [2.05, 4.69) is 4.98 Å². The molecule has 0 spiro atoms. The van der Waals surface area contributed by atoms with Gasteiger partial charge in [-0.2, -0.15) is 0 Å². The molecule has 1 aromatic carbocycles. The summed E-state index contributed by atoms with van der Waals surface area (Å²) in [5.74, 6) is 0.288. The maximum atomic E-state index is 13.3. The second-order valence-corrected chi connectivity index (χ2v) is 5.48. The van der Waals surface area contributed by atoms with Gasteiger partial charge in [0, 0.05) is 11.1 Å². The maximum absolute atomic E-state index is 13.3. The Morgan fingerprint density at radius 2 is 1.94 bits per heavy atom. The summed E-state index contributed by atoms with van der Waals surface area (Å²) >= 11 is 0. The van der Waals surface area contributed by atoms with Gasteiger partial charge in [-0.25, -0.2) is 9.37 Å². The third kappa shape index (κ3) is 2.10. The quantitative estimate of drug-likeness (QED) is 0.840. The minimum Gasteiger partial charge on any atom is -0.383 e. The van der Waals surface area contributed by atoms with Gasteiger partial charge in [0.05, 0.1) is 6.33 Å². The Kier molecular flexibility index (Phi) is 2.89. The van der Waals surface area contributed by atoms with Gasteiger partial charge in [0.25, 0.3) is 0 Å². The van der Waals surface area contributed by atoms with E-state index in [1.165, 1.54) is 12.1 Å². The van der Waals surface area contributed by atoms with Crippen molar-refractivity contribution in [3.63, 3.8) is 0 Å². The third-order valence-corrected chi connectivity index (χ3v) is 2.98. The molecule has 0 amide bonds. The van der Waals surface area contributed by atoms with Gasteiger partial charge >= 0.3 is 0 Å². The van der Waals surface area contributed by atoms with Crippen LogP contribution in [0.3, 0.4) is 0 Å². The van der Waals surface area contributed by atoms with Gasteiger partial charge in [-0.05, 0) is 45.4 Å². The fourth-order valence-corrected chi connectivity index (χ4v) is 1.95. The first-order valence-corrected chi connectivity index (χ1v) is 5.90. The molecule has 2 N–H and O–H groups in total. The first-order chi connectivity index (χ1) is 8.30. The summed E-state index contributed by atoms with van der Waals surface area (Å²) in [7, 11) is 0. The molecule has 96 valence electrons. The lowest BCUT2D eigenvalue weighted by Gasteiger charge is -2.22. The molecule has 0 aliphatic carbocycles. The zero-order valence-electron chi connectivity index (χ0n) is 11.2. The average molecular weight is 247 g/mol. The number of benzene rings is 1. The Morgan fingerprint density at radius 1 is 1.28 bits per heavy atom. The van der Waals surface area contributed by atoms with Crippen LogP contribution in [0.25, 0.3) is 11.3 Å². The number of anilines is 1. The maximum Gasteiger partial charge on any atom is 0.132 e. The van der Waals surface area contributed by atoms with E-state index in [-0.39, 0.29) is 11.4 Å². The standard InChI is InChI=1S/C14H18FN3/c1-9-5-6-10(15)7-11(9)12-13(16)18(8-17-12)14(2,3)4/h5-8H,16H2,1-4H3. The van der Waals surface area contributed by atoms with Crippen molar-refractivity contribution >= 4 is 5.82 Å². The molecule has 0 radical (unpaired) electrons. The van der Waals surface area contributed by atoms with E-state index in [9.17, 15) is 4.39 Å². The number of nitrogen functional groups attached to an aromatic ring is 1. The lowest BCUT2D eigenvalue weighted by atomic mass is 10.0. The molecule has 0 saturated carbocycles. The number of nitrogens with zero attached hydrogens (tertiary/aromatic N) is 2. The highest BCUT2D eigenvalue weighted by Crippen LogP contribution is 2.31. The summed E-state index contributed by atoms with van der Waals surface area (Å²) in [6.45, 7) is 8.07. The Hall–Kier alpha value is -1.84. The molecule has 0 aliphatic heterocycles. The monoisotopic (exact) mass is 247 g/mol. The average Bonchev–Trinajstić information content (AvgIpc) is 2.63. The van der Waals surface area contributed by atoms with E-state index in [4.69, 9.17) is 5.73 Å². The molecule has 0 saturated heterocycles. The Labute approximate surface area is 106 Å². The van der Waals surface area contributed by atoms with Crippen LogP contribution in [0.15, 0.2) is 24.5 Å². The predicted molar refractivity (Wildman–Crippen MR) is 71.8 cm³/mol. The van der Waals surface area contributed by atoms with E-state index in [0.29, 0.717) is 11.5 Å². The topological polar surface area (TPSA) is 43.8 Å². The molecule has 1 aromatic heterocycles. The molecule has 2 aromatic rings. The van der Waals surface area contributed by atoms with Crippen LogP contribution in [-0.4, -0.2) is 9.55 Å². The van der Waals surface area contributed by atoms with Crippen molar-refractivity contribution in [1.82, 2.24) is 9.55 Å². The fourth-order valence-electron chi connectivity index (χ4n) is 1.95. The highest BCUT2D eigenvalue weighted by Gasteiger charge is 2.20. The van der Waals surface area contributed by atoms with E-state index < -0.39 is 0 Å². The largest absolute Gasteiger partial charge is 0.383 e. The van der Waals surface area contributed by atoms with Crippen molar-refractivity contribution in [2.45, 2.75) is 33.2 Å². The van der Waals surface area contributed by atoms with Crippen molar-refractivity contribution in [3.8, 4) is 11.3 Å². The summed E-state index contributed by atoms with van der Waals surface area (Å²) in [6.07, 6.45) is 1.70. The molecule has 18 heavy (non-hydrogen) atoms. The molecular formula is C14H18FN3. The number of rotatable bonds is 1. The van der Waals surface area contributed by atoms with Gasteiger partial charge in [0.2, 0.25) is 0 Å². The summed E-state index contributed by atoms with van der Waals surface area (Å²) < 4.78 is 15.2. The molecule has 0 bridgehead atoms. The number of imidazole rings is 1. The number of nitrogens with two attached hydrogens (primary N) is 1. The highest BCUT2D eigenvalue weighted by atomic mass is 19.1. The van der Waals surface area contributed by atoms with Crippen molar-refractivity contribution in [2.24, 2.45) is 0 Å². The Bertz CT molecular complexity index is 579. The zero-order valence-corrected chi connectivity index (χ0v) is 11.2. The van der Waals surface area contributed by atoms with Crippen LogP contribution in [0, 0.1) is 12.7 Å². The van der Waals surface area contributed by atoms with Crippen LogP contribution in [0.4, 0.5) is 10.2 Å². The van der Waals surface area contributed by atoms with E-state index in [0.717, 1.165) is 11.1 Å². The van der Waals surface area contributed by atoms with E-state index in [1.807, 2.05) is 32.3 Å². The molecule has 4 heteroatoms. The molecule has 0 fully saturated rings. The van der Waals surface area contributed by atoms with Gasteiger partial charge in [0.15, 0.2) is 0 Å². The van der Waals surface area contributed by atoms with Gasteiger partial charge in [-0.1, -0.05) is 6.07 Å². The third-order valence-electron chi connectivity index (χ3n) is 2.98. The molecule has 0 atom stereocenters. The van der Waals surface area contributed by atoms with Gasteiger partial charge in [0.1, 0.15) is 17.3 Å². The fraction of sp³-hybridized carbons (Fsp3) is 0.357. The summed E-state index contributed by atoms with van der Waals surface area (Å²) in [4.78, 5) is 4.33. The van der Waals surface area contributed by atoms with Crippen molar-refractivity contribution in [1.29, 1.82) is 0 Å². The Balaban J connectivity index is 2.59. The van der Waals surface area contributed by atoms with E-state index >= 15 is 0 Å². The summed E-state index contributed by atoms with van der Waals surface area (Å²) in [5.41, 5.74) is 8.32. The van der Waals surface area contributed by atoms with Gasteiger partial charge in [-0.15, -0.1) is 0 Å². The normalized spacial score (nSPS) is 11.8. The van der Waals surface area contributed by atoms with Crippen LogP contribution < -0.4 is 5.73 Å². The molecular weight excluding hydrogens is 229 g/mol. The second kappa shape index (κ2) is 4.12.